The van der Waals surface area contributed by atoms with E-state index >= 15 is 0 Å². The number of amides is 3. The number of fused-ring (bicyclic) bond motifs is 2. The van der Waals surface area contributed by atoms with Gasteiger partial charge in [0.2, 0.25) is 11.0 Å². The van der Waals surface area contributed by atoms with Crippen LogP contribution in [0.2, 0.25) is 0 Å². The molecule has 8 nitrogen and oxygen atoms in total. The van der Waals surface area contributed by atoms with Gasteiger partial charge in [0.1, 0.15) is 11.3 Å². The van der Waals surface area contributed by atoms with Gasteiger partial charge in [0.15, 0.2) is 0 Å². The zero-order valence-electron chi connectivity index (χ0n) is 21.4. The van der Waals surface area contributed by atoms with E-state index in [9.17, 15) is 19.5 Å². The number of rotatable bonds is 5. The number of nitrogens with one attached hydrogen (secondary N) is 1. The summed E-state index contributed by atoms with van der Waals surface area (Å²) in [5.74, 6) is -1.79. The number of hydrazine groups is 1. The molecule has 2 aliphatic heterocycles. The van der Waals surface area contributed by atoms with Gasteiger partial charge in [-0.15, -0.1) is 0 Å². The second-order valence-electron chi connectivity index (χ2n) is 9.12. The van der Waals surface area contributed by atoms with Gasteiger partial charge < -0.3 is 5.11 Å². The van der Waals surface area contributed by atoms with E-state index in [1.165, 1.54) is 17.0 Å². The number of thiocarbonyl (C=S) groups is 1. The Bertz CT molecular complexity index is 1700. The van der Waals surface area contributed by atoms with Gasteiger partial charge in [-0.05, 0) is 60.8 Å². The zero-order valence-corrected chi connectivity index (χ0v) is 23.1. The molecule has 6 rings (SSSR count). The third-order valence-corrected chi connectivity index (χ3v) is 8.07. The van der Waals surface area contributed by atoms with E-state index in [1.54, 1.807) is 65.2 Å². The maximum absolute atomic E-state index is 13.8. The summed E-state index contributed by atoms with van der Waals surface area (Å²) < 4.78 is 0. The van der Waals surface area contributed by atoms with Crippen LogP contribution in [0.4, 0.5) is 17.1 Å². The monoisotopic (exact) mass is 578 g/mol. The van der Waals surface area contributed by atoms with Crippen LogP contribution in [0.3, 0.4) is 0 Å². The van der Waals surface area contributed by atoms with E-state index in [2.05, 4.69) is 5.43 Å². The lowest BCUT2D eigenvalue weighted by Crippen LogP contribution is -2.62. The van der Waals surface area contributed by atoms with E-state index < -0.39 is 11.8 Å². The van der Waals surface area contributed by atoms with Crippen LogP contribution < -0.4 is 15.2 Å². The number of phenols is 1. The molecule has 3 amide bonds. The fourth-order valence-corrected chi connectivity index (χ4v) is 6.03. The molecule has 0 radical (unpaired) electrons. The number of anilines is 3. The maximum atomic E-state index is 13.8. The number of phenolic OH excluding ortho intramolecular Hbond substituents is 1. The van der Waals surface area contributed by atoms with E-state index in [1.807, 2.05) is 48.5 Å². The minimum Gasteiger partial charge on any atom is -0.507 e. The molecule has 2 heterocycles. The Morgan fingerprint density at radius 1 is 0.805 bits per heavy atom. The quantitative estimate of drug-likeness (QED) is 0.189. The first kappa shape index (κ1) is 26.5. The number of aromatic hydroxyl groups is 1. The van der Waals surface area contributed by atoms with Gasteiger partial charge in [0, 0.05) is 15.4 Å². The Balaban J connectivity index is 1.34. The summed E-state index contributed by atoms with van der Waals surface area (Å²) in [6.07, 6.45) is 1.32. The van der Waals surface area contributed by atoms with Crippen molar-refractivity contribution >= 4 is 70.0 Å². The summed E-state index contributed by atoms with van der Waals surface area (Å²) in [5.41, 5.74) is 4.86. The molecule has 1 saturated heterocycles. The zero-order chi connectivity index (χ0) is 28.5. The van der Waals surface area contributed by atoms with E-state index in [4.69, 9.17) is 12.2 Å². The largest absolute Gasteiger partial charge is 0.507 e. The molecule has 0 aromatic heterocycles. The Kier molecular flexibility index (Phi) is 7.10. The molecule has 41 heavy (non-hydrogen) atoms. The van der Waals surface area contributed by atoms with Crippen LogP contribution in [0.5, 0.6) is 5.75 Å². The van der Waals surface area contributed by atoms with Gasteiger partial charge in [-0.3, -0.25) is 24.2 Å². The van der Waals surface area contributed by atoms with Crippen molar-refractivity contribution in [2.75, 3.05) is 16.3 Å². The third kappa shape index (κ3) is 4.89. The lowest BCUT2D eigenvalue weighted by Gasteiger charge is -2.37. The van der Waals surface area contributed by atoms with Crippen molar-refractivity contribution in [3.63, 3.8) is 0 Å². The second kappa shape index (κ2) is 11.0. The van der Waals surface area contributed by atoms with Gasteiger partial charge in [0.05, 0.1) is 23.6 Å². The number of carbonyl (C=O) groups is 3. The lowest BCUT2D eigenvalue weighted by molar-refractivity contribution is -0.130. The number of benzene rings is 4. The normalized spacial score (nSPS) is 15.7. The number of carbonyl (C=O) groups excluding carboxylic acids is 3. The van der Waals surface area contributed by atoms with Gasteiger partial charge in [-0.2, -0.15) is 0 Å². The van der Waals surface area contributed by atoms with Crippen LogP contribution in [0.25, 0.3) is 6.08 Å². The highest BCUT2D eigenvalue weighted by molar-refractivity contribution is 7.99. The Labute approximate surface area is 245 Å². The Morgan fingerprint density at radius 2 is 1.39 bits per heavy atom. The summed E-state index contributed by atoms with van der Waals surface area (Å²) in [7, 11) is 0. The molecule has 1 fully saturated rings. The highest BCUT2D eigenvalue weighted by Gasteiger charge is 2.41. The topological polar surface area (TPSA) is 93.2 Å². The fourth-order valence-electron chi connectivity index (χ4n) is 4.64. The van der Waals surface area contributed by atoms with E-state index in [0.29, 0.717) is 11.3 Å². The standard InChI is InChI=1S/C31H22N4O4S2/c36-25-15-7-4-10-20(25)18-22-29(38)33(21-11-2-1-3-12-21)31(40)35(30(22)39)32-19-28(37)34-23-13-5-8-16-26(23)41-27-17-9-6-14-24(27)34/h1-18,32,36H,19H2. The molecule has 0 atom stereocenters. The first-order chi connectivity index (χ1) is 19.9. The third-order valence-electron chi connectivity index (χ3n) is 6.57. The molecular weight excluding hydrogens is 556 g/mol. The van der Waals surface area contributed by atoms with Crippen molar-refractivity contribution in [3.05, 3.63) is 114 Å². The average Bonchev–Trinajstić information content (AvgIpc) is 2.99. The predicted octanol–water partition coefficient (Wildman–Crippen LogP) is 5.27. The van der Waals surface area contributed by atoms with Crippen LogP contribution in [-0.2, 0) is 14.4 Å². The van der Waals surface area contributed by atoms with Gasteiger partial charge in [-0.1, -0.05) is 72.4 Å². The van der Waals surface area contributed by atoms with Gasteiger partial charge >= 0.3 is 0 Å². The number of hydrogen-bond acceptors (Lipinski definition) is 7. The van der Waals surface area contributed by atoms with Crippen molar-refractivity contribution in [3.8, 4) is 5.75 Å². The van der Waals surface area contributed by atoms with Crippen molar-refractivity contribution in [2.24, 2.45) is 0 Å². The van der Waals surface area contributed by atoms with Crippen LogP contribution in [0.1, 0.15) is 5.56 Å². The van der Waals surface area contributed by atoms with Crippen LogP contribution in [0, 0.1) is 0 Å². The molecule has 0 aliphatic carbocycles. The van der Waals surface area contributed by atoms with Gasteiger partial charge in [0.25, 0.3) is 11.8 Å². The number of nitrogens with zero attached hydrogens (tertiary/aromatic N) is 3. The van der Waals surface area contributed by atoms with Crippen LogP contribution >= 0.6 is 24.0 Å². The molecule has 2 aliphatic rings. The fraction of sp³-hybridized carbons (Fsp3) is 0.0323. The predicted molar refractivity (Wildman–Crippen MR) is 162 cm³/mol. The number of para-hydroxylation sites is 4. The van der Waals surface area contributed by atoms with Gasteiger partial charge in [-0.25, -0.2) is 10.4 Å². The molecular formula is C31H22N4O4S2. The number of hydrogen-bond donors (Lipinski definition) is 2. The lowest BCUT2D eigenvalue weighted by atomic mass is 10.1. The van der Waals surface area contributed by atoms with Crippen molar-refractivity contribution in [2.45, 2.75) is 9.79 Å². The smallest absolute Gasteiger partial charge is 0.280 e. The maximum Gasteiger partial charge on any atom is 0.280 e. The van der Waals surface area contributed by atoms with Crippen LogP contribution in [-0.4, -0.2) is 39.5 Å². The van der Waals surface area contributed by atoms with Crippen LogP contribution in [0.15, 0.2) is 118 Å². The summed E-state index contributed by atoms with van der Waals surface area (Å²) in [6, 6.07) is 30.3. The van der Waals surface area contributed by atoms with Crippen molar-refractivity contribution in [1.82, 2.24) is 10.4 Å². The summed E-state index contributed by atoms with van der Waals surface area (Å²) in [4.78, 5) is 45.7. The minimum atomic E-state index is -0.738. The summed E-state index contributed by atoms with van der Waals surface area (Å²) in [5, 5.41) is 11.2. The molecule has 0 saturated carbocycles. The Hall–Kier alpha value is -4.77. The molecule has 0 bridgehead atoms. The highest BCUT2D eigenvalue weighted by atomic mass is 32.2. The highest BCUT2D eigenvalue weighted by Crippen LogP contribution is 2.47. The molecule has 2 N–H and O–H groups in total. The summed E-state index contributed by atoms with van der Waals surface area (Å²) in [6.45, 7) is -0.292. The SMILES string of the molecule is O=C1C(=Cc2ccccc2O)C(=O)N(c2ccccc2)C(=S)N1NCC(=O)N1c2ccccc2Sc2ccccc21. The van der Waals surface area contributed by atoms with E-state index in [0.717, 1.165) is 26.2 Å². The molecule has 10 heteroatoms. The molecule has 4 aromatic carbocycles. The molecule has 0 unspecified atom stereocenters. The minimum absolute atomic E-state index is 0.0880. The molecule has 0 spiro atoms. The van der Waals surface area contributed by atoms with Crippen molar-refractivity contribution < 1.29 is 19.5 Å². The Morgan fingerprint density at radius 3 is 2.05 bits per heavy atom. The first-order valence-electron chi connectivity index (χ1n) is 12.6. The van der Waals surface area contributed by atoms with Crippen molar-refractivity contribution in [1.29, 1.82) is 0 Å². The first-order valence-corrected chi connectivity index (χ1v) is 13.9. The molecule has 202 valence electrons. The average molecular weight is 579 g/mol. The van der Waals surface area contributed by atoms with E-state index in [-0.39, 0.29) is 28.9 Å². The summed E-state index contributed by atoms with van der Waals surface area (Å²) >= 11 is 7.18. The second-order valence-corrected chi connectivity index (χ2v) is 10.6. The molecule has 4 aromatic rings.